The van der Waals surface area contributed by atoms with Crippen molar-refractivity contribution in [3.8, 4) is 0 Å². The first-order valence-corrected chi connectivity index (χ1v) is 8.27. The van der Waals surface area contributed by atoms with Gasteiger partial charge in [0.15, 0.2) is 5.43 Å². The van der Waals surface area contributed by atoms with Gasteiger partial charge in [0.25, 0.3) is 0 Å². The Labute approximate surface area is 146 Å². The molecular weight excluding hydrogens is 368 g/mol. The van der Waals surface area contributed by atoms with E-state index in [1.165, 1.54) is 0 Å². The molecule has 4 aromatic rings. The van der Waals surface area contributed by atoms with Gasteiger partial charge in [-0.1, -0.05) is 40.2 Å². The fourth-order valence-electron chi connectivity index (χ4n) is 2.86. The van der Waals surface area contributed by atoms with E-state index in [0.717, 1.165) is 10.0 Å². The first-order chi connectivity index (χ1) is 11.7. The highest BCUT2D eigenvalue weighted by molar-refractivity contribution is 9.10. The van der Waals surface area contributed by atoms with E-state index in [1.54, 1.807) is 30.9 Å². The average Bonchev–Trinajstić information content (AvgIpc) is 3.13. The molecule has 0 saturated heterocycles. The topological polar surface area (TPSA) is 48.0 Å². The highest BCUT2D eigenvalue weighted by atomic mass is 79.9. The second kappa shape index (κ2) is 6.09. The van der Waals surface area contributed by atoms with Crippen molar-refractivity contribution in [1.82, 2.24) is 9.55 Å². The molecule has 0 spiro atoms. The van der Waals surface area contributed by atoms with Crippen LogP contribution in [-0.4, -0.2) is 9.55 Å². The highest BCUT2D eigenvalue weighted by Gasteiger charge is 2.21. The summed E-state index contributed by atoms with van der Waals surface area (Å²) in [5.41, 5.74) is 2.12. The summed E-state index contributed by atoms with van der Waals surface area (Å²) >= 11 is 3.45. The van der Waals surface area contributed by atoms with Crippen LogP contribution in [0.25, 0.3) is 11.0 Å². The van der Waals surface area contributed by atoms with Crippen LogP contribution >= 0.6 is 15.9 Å². The number of fused-ring (bicyclic) bond motifs is 1. The van der Waals surface area contributed by atoms with Gasteiger partial charge in [0.2, 0.25) is 0 Å². The molecule has 0 aliphatic carbocycles. The Hall–Kier alpha value is -2.66. The Morgan fingerprint density at radius 2 is 1.88 bits per heavy atom. The summed E-state index contributed by atoms with van der Waals surface area (Å²) in [7, 11) is 0. The van der Waals surface area contributed by atoms with E-state index in [0.29, 0.717) is 16.5 Å². The minimum atomic E-state index is -0.290. The smallest absolute Gasteiger partial charge is 0.198 e. The van der Waals surface area contributed by atoms with Gasteiger partial charge in [0, 0.05) is 16.9 Å². The Morgan fingerprint density at radius 1 is 1.08 bits per heavy atom. The van der Waals surface area contributed by atoms with E-state index in [-0.39, 0.29) is 11.5 Å². The van der Waals surface area contributed by atoms with Gasteiger partial charge in [-0.25, -0.2) is 4.98 Å². The lowest BCUT2D eigenvalue weighted by Gasteiger charge is -2.19. The summed E-state index contributed by atoms with van der Waals surface area (Å²) in [4.78, 5) is 17.1. The largest absolute Gasteiger partial charge is 0.464 e. The van der Waals surface area contributed by atoms with Gasteiger partial charge in [-0.3, -0.25) is 4.79 Å². The van der Waals surface area contributed by atoms with Crippen LogP contribution in [0, 0.1) is 0 Å². The molecule has 0 bridgehead atoms. The molecule has 4 nitrogen and oxygen atoms in total. The molecule has 24 heavy (non-hydrogen) atoms. The summed E-state index contributed by atoms with van der Waals surface area (Å²) in [6.45, 7) is 0. The van der Waals surface area contributed by atoms with Gasteiger partial charge < -0.3 is 8.98 Å². The Balaban J connectivity index is 1.96. The number of rotatable bonds is 3. The van der Waals surface area contributed by atoms with Crippen LogP contribution in [-0.2, 0) is 0 Å². The fraction of sp³-hybridized carbons (Fsp3) is 0.0526. The first-order valence-electron chi connectivity index (χ1n) is 7.47. The van der Waals surface area contributed by atoms with Crippen LogP contribution in [0.3, 0.4) is 0 Å². The lowest BCUT2D eigenvalue weighted by atomic mass is 9.99. The standard InChI is InChI=1S/C19H13BrN2O2/c20-14-7-5-13(6-8-14)18(22-10-9-21-12-22)16-11-24-17-4-2-1-3-15(17)19(16)23/h1-12,18H/t18-/m0/s1. The third-order valence-corrected chi connectivity index (χ3v) is 4.54. The van der Waals surface area contributed by atoms with Crippen LogP contribution < -0.4 is 5.43 Å². The van der Waals surface area contributed by atoms with Crippen LogP contribution in [0.15, 0.2) is 87.2 Å². The maximum Gasteiger partial charge on any atom is 0.198 e. The third kappa shape index (κ3) is 2.57. The molecule has 0 fully saturated rings. The van der Waals surface area contributed by atoms with Crippen LogP contribution in [0.1, 0.15) is 17.2 Å². The van der Waals surface area contributed by atoms with E-state index in [1.807, 2.05) is 47.2 Å². The maximum absolute atomic E-state index is 13.0. The molecule has 2 aromatic carbocycles. The highest BCUT2D eigenvalue weighted by Crippen LogP contribution is 2.27. The summed E-state index contributed by atoms with van der Waals surface area (Å²) < 4.78 is 8.60. The average molecular weight is 381 g/mol. The van der Waals surface area contributed by atoms with Crippen molar-refractivity contribution in [3.05, 3.63) is 99.3 Å². The normalized spacial score (nSPS) is 12.4. The van der Waals surface area contributed by atoms with E-state index < -0.39 is 0 Å². The molecule has 0 saturated carbocycles. The molecule has 1 atom stereocenters. The SMILES string of the molecule is O=c1c([C@H](c2ccc(Br)cc2)n2ccnc2)coc2ccccc12. The van der Waals surface area contributed by atoms with Gasteiger partial charge >= 0.3 is 0 Å². The summed E-state index contributed by atoms with van der Waals surface area (Å²) in [6, 6.07) is 14.9. The molecule has 0 aliphatic rings. The van der Waals surface area contributed by atoms with E-state index in [9.17, 15) is 4.79 Å². The molecule has 2 aromatic heterocycles. The van der Waals surface area contributed by atoms with Crippen LogP contribution in [0.2, 0.25) is 0 Å². The lowest BCUT2D eigenvalue weighted by Crippen LogP contribution is -2.19. The Morgan fingerprint density at radius 3 is 2.62 bits per heavy atom. The van der Waals surface area contributed by atoms with Crippen molar-refractivity contribution >= 4 is 26.9 Å². The van der Waals surface area contributed by atoms with E-state index in [4.69, 9.17) is 4.42 Å². The zero-order chi connectivity index (χ0) is 16.5. The quantitative estimate of drug-likeness (QED) is 0.529. The number of imidazole rings is 1. The second-order valence-electron chi connectivity index (χ2n) is 5.48. The molecule has 0 N–H and O–H groups in total. The van der Waals surface area contributed by atoms with Crippen molar-refractivity contribution in [2.45, 2.75) is 6.04 Å². The van der Waals surface area contributed by atoms with Gasteiger partial charge in [0.1, 0.15) is 11.8 Å². The minimum Gasteiger partial charge on any atom is -0.464 e. The second-order valence-corrected chi connectivity index (χ2v) is 6.40. The molecule has 118 valence electrons. The number of halogens is 1. The number of para-hydroxylation sites is 1. The number of hydrogen-bond donors (Lipinski definition) is 0. The Bertz CT molecular complexity index is 1040. The molecule has 0 radical (unpaired) electrons. The summed E-state index contributed by atoms with van der Waals surface area (Å²) in [5, 5.41) is 0.581. The summed E-state index contributed by atoms with van der Waals surface area (Å²) in [5.74, 6) is 0. The molecule has 0 aliphatic heterocycles. The van der Waals surface area contributed by atoms with Crippen molar-refractivity contribution in [2.24, 2.45) is 0 Å². The summed E-state index contributed by atoms with van der Waals surface area (Å²) in [6.07, 6.45) is 6.81. The molecule has 0 unspecified atom stereocenters. The Kier molecular flexibility index (Phi) is 3.78. The lowest BCUT2D eigenvalue weighted by molar-refractivity contribution is 0.570. The van der Waals surface area contributed by atoms with E-state index in [2.05, 4.69) is 20.9 Å². The number of hydrogen-bond acceptors (Lipinski definition) is 3. The van der Waals surface area contributed by atoms with Crippen LogP contribution in [0.5, 0.6) is 0 Å². The van der Waals surface area contributed by atoms with Gasteiger partial charge in [-0.05, 0) is 29.8 Å². The number of aromatic nitrogens is 2. The first kappa shape index (κ1) is 14.9. The van der Waals surface area contributed by atoms with E-state index >= 15 is 0 Å². The van der Waals surface area contributed by atoms with Crippen molar-refractivity contribution in [1.29, 1.82) is 0 Å². The predicted molar refractivity (Wildman–Crippen MR) is 96.1 cm³/mol. The molecule has 4 rings (SSSR count). The zero-order valence-corrected chi connectivity index (χ0v) is 14.2. The minimum absolute atomic E-state index is 0.0292. The molecule has 0 amide bonds. The predicted octanol–water partition coefficient (Wildman–Crippen LogP) is 4.39. The fourth-order valence-corrected chi connectivity index (χ4v) is 3.13. The van der Waals surface area contributed by atoms with Crippen LogP contribution in [0.4, 0.5) is 0 Å². The molecule has 5 heteroatoms. The van der Waals surface area contributed by atoms with Crippen molar-refractivity contribution < 1.29 is 4.42 Å². The molecule has 2 heterocycles. The molecular formula is C19H13BrN2O2. The van der Waals surface area contributed by atoms with Crippen molar-refractivity contribution in [2.75, 3.05) is 0 Å². The maximum atomic E-state index is 13.0. The van der Waals surface area contributed by atoms with Crippen molar-refractivity contribution in [3.63, 3.8) is 0 Å². The monoisotopic (exact) mass is 380 g/mol. The number of benzene rings is 2. The number of nitrogens with zero attached hydrogens (tertiary/aromatic N) is 2. The van der Waals surface area contributed by atoms with Gasteiger partial charge in [0.05, 0.1) is 23.3 Å². The third-order valence-electron chi connectivity index (χ3n) is 4.01. The van der Waals surface area contributed by atoms with Gasteiger partial charge in [-0.15, -0.1) is 0 Å². The zero-order valence-electron chi connectivity index (χ0n) is 12.6. The van der Waals surface area contributed by atoms with Gasteiger partial charge in [-0.2, -0.15) is 0 Å².